The van der Waals surface area contributed by atoms with Crippen LogP contribution >= 0.6 is 11.8 Å². The van der Waals surface area contributed by atoms with Crippen molar-refractivity contribution in [3.05, 3.63) is 29.8 Å². The van der Waals surface area contributed by atoms with Crippen LogP contribution in [0.5, 0.6) is 0 Å². The largest absolute Gasteiger partial charge is 0.339 e. The molecular formula is C20H26N4OS. The number of aromatic nitrogens is 3. The van der Waals surface area contributed by atoms with Gasteiger partial charge in [0.2, 0.25) is 11.1 Å². The minimum atomic E-state index is 0.244. The maximum absolute atomic E-state index is 12.8. The fourth-order valence-electron chi connectivity index (χ4n) is 4.30. The van der Waals surface area contributed by atoms with Gasteiger partial charge in [-0.25, -0.2) is 4.98 Å². The number of piperidine rings is 1. The molecule has 26 heavy (non-hydrogen) atoms. The van der Waals surface area contributed by atoms with Gasteiger partial charge < -0.3 is 4.90 Å². The Labute approximate surface area is 159 Å². The van der Waals surface area contributed by atoms with Gasteiger partial charge in [-0.3, -0.25) is 9.89 Å². The van der Waals surface area contributed by atoms with Crippen molar-refractivity contribution in [3.63, 3.8) is 0 Å². The van der Waals surface area contributed by atoms with Gasteiger partial charge in [-0.1, -0.05) is 54.4 Å². The molecule has 4 rings (SSSR count). The number of benzene rings is 1. The summed E-state index contributed by atoms with van der Waals surface area (Å²) in [6.07, 6.45) is 7.51. The van der Waals surface area contributed by atoms with Crippen molar-refractivity contribution < 1.29 is 4.79 Å². The summed E-state index contributed by atoms with van der Waals surface area (Å²) in [5.74, 6) is 2.15. The summed E-state index contributed by atoms with van der Waals surface area (Å²) in [4.78, 5) is 19.5. The van der Waals surface area contributed by atoms with Crippen molar-refractivity contribution in [2.45, 2.75) is 56.6 Å². The van der Waals surface area contributed by atoms with Crippen LogP contribution in [0.3, 0.4) is 0 Å². The molecule has 2 atom stereocenters. The summed E-state index contributed by atoms with van der Waals surface area (Å²) >= 11 is 1.44. The molecule has 2 aromatic rings. The lowest BCUT2D eigenvalue weighted by Gasteiger charge is -2.44. The van der Waals surface area contributed by atoms with Gasteiger partial charge in [-0.15, -0.1) is 5.10 Å². The first-order valence-corrected chi connectivity index (χ1v) is 10.6. The summed E-state index contributed by atoms with van der Waals surface area (Å²) in [5.41, 5.74) is 2.23. The summed E-state index contributed by atoms with van der Waals surface area (Å²) in [7, 11) is 0. The Hall–Kier alpha value is -1.82. The van der Waals surface area contributed by atoms with Gasteiger partial charge in [0.1, 0.15) is 0 Å². The Bertz CT molecular complexity index is 755. The lowest BCUT2D eigenvalue weighted by molar-refractivity contribution is -0.134. The molecule has 0 bridgehead atoms. The molecule has 5 nitrogen and oxygen atoms in total. The van der Waals surface area contributed by atoms with Crippen LogP contribution in [-0.4, -0.2) is 44.3 Å². The standard InChI is InChI=1S/C20H26N4OS/c1-14-8-10-16(11-9-14)19-21-20(23-22-19)26-13-18(25)24-12-4-6-15-5-2-3-7-17(15)24/h8-11,15,17H,2-7,12-13H2,1H3,(H,21,22,23)/t15-,17+/m0/s1. The zero-order valence-corrected chi connectivity index (χ0v) is 16.1. The summed E-state index contributed by atoms with van der Waals surface area (Å²) in [6, 6.07) is 8.66. The summed E-state index contributed by atoms with van der Waals surface area (Å²) in [6.45, 7) is 2.98. The van der Waals surface area contributed by atoms with Crippen molar-refractivity contribution in [2.75, 3.05) is 12.3 Å². The monoisotopic (exact) mass is 370 g/mol. The van der Waals surface area contributed by atoms with Crippen molar-refractivity contribution in [2.24, 2.45) is 5.92 Å². The second kappa shape index (κ2) is 7.82. The number of amides is 1. The average molecular weight is 371 g/mol. The van der Waals surface area contributed by atoms with Gasteiger partial charge in [0.15, 0.2) is 5.82 Å². The second-order valence-electron chi connectivity index (χ2n) is 7.46. The third-order valence-corrected chi connectivity index (χ3v) is 6.51. The molecule has 1 N–H and O–H groups in total. The smallest absolute Gasteiger partial charge is 0.233 e. The van der Waals surface area contributed by atoms with Gasteiger partial charge >= 0.3 is 0 Å². The van der Waals surface area contributed by atoms with E-state index in [4.69, 9.17) is 0 Å². The van der Waals surface area contributed by atoms with Gasteiger partial charge in [0, 0.05) is 18.2 Å². The Morgan fingerprint density at radius 1 is 1.19 bits per heavy atom. The third-order valence-electron chi connectivity index (χ3n) is 5.68. The highest BCUT2D eigenvalue weighted by Crippen LogP contribution is 2.35. The average Bonchev–Trinajstić information content (AvgIpc) is 3.15. The molecule has 1 saturated carbocycles. The quantitative estimate of drug-likeness (QED) is 0.825. The molecule has 1 aliphatic heterocycles. The second-order valence-corrected chi connectivity index (χ2v) is 8.41. The first-order chi connectivity index (χ1) is 12.7. The Kier molecular flexibility index (Phi) is 5.29. The van der Waals surface area contributed by atoms with Gasteiger partial charge in [0.25, 0.3) is 0 Å². The number of likely N-dealkylation sites (tertiary alicyclic amines) is 1. The van der Waals surface area contributed by atoms with Crippen LogP contribution in [0.15, 0.2) is 29.4 Å². The van der Waals surface area contributed by atoms with Crippen LogP contribution in [-0.2, 0) is 4.79 Å². The highest BCUT2D eigenvalue weighted by Gasteiger charge is 2.35. The number of nitrogens with one attached hydrogen (secondary N) is 1. The maximum atomic E-state index is 12.8. The molecular weight excluding hydrogens is 344 g/mol. The minimum absolute atomic E-state index is 0.244. The van der Waals surface area contributed by atoms with E-state index in [-0.39, 0.29) is 5.91 Å². The van der Waals surface area contributed by atoms with Crippen LogP contribution in [0.1, 0.15) is 44.1 Å². The van der Waals surface area contributed by atoms with Crippen LogP contribution in [0.2, 0.25) is 0 Å². The Morgan fingerprint density at radius 2 is 1.96 bits per heavy atom. The van der Waals surface area contributed by atoms with E-state index < -0.39 is 0 Å². The topological polar surface area (TPSA) is 61.9 Å². The number of thioether (sulfide) groups is 1. The van der Waals surface area contributed by atoms with Crippen molar-refractivity contribution >= 4 is 17.7 Å². The first kappa shape index (κ1) is 17.6. The molecule has 1 aliphatic carbocycles. The van der Waals surface area contributed by atoms with Crippen LogP contribution in [0, 0.1) is 12.8 Å². The molecule has 2 fully saturated rings. The van der Waals surface area contributed by atoms with Crippen molar-refractivity contribution in [3.8, 4) is 11.4 Å². The number of nitrogens with zero attached hydrogens (tertiary/aromatic N) is 3. The highest BCUT2D eigenvalue weighted by molar-refractivity contribution is 7.99. The SMILES string of the molecule is Cc1ccc(-c2nc(SCC(=O)N3CCC[C@@H]4CCCC[C@H]43)n[nH]2)cc1. The van der Waals surface area contributed by atoms with E-state index in [1.165, 1.54) is 49.4 Å². The van der Waals surface area contributed by atoms with E-state index in [1.54, 1.807) is 0 Å². The van der Waals surface area contributed by atoms with Crippen LogP contribution in [0.25, 0.3) is 11.4 Å². The summed E-state index contributed by atoms with van der Waals surface area (Å²) < 4.78 is 0. The molecule has 0 radical (unpaired) electrons. The predicted molar refractivity (Wildman–Crippen MR) is 104 cm³/mol. The first-order valence-electron chi connectivity index (χ1n) is 9.62. The number of H-pyrrole nitrogens is 1. The minimum Gasteiger partial charge on any atom is -0.339 e. The normalized spacial score (nSPS) is 22.9. The lowest BCUT2D eigenvalue weighted by Crippen LogP contribution is -2.50. The molecule has 1 saturated heterocycles. The highest BCUT2D eigenvalue weighted by atomic mass is 32.2. The summed E-state index contributed by atoms with van der Waals surface area (Å²) in [5, 5.41) is 7.90. The van der Waals surface area contributed by atoms with Crippen LogP contribution < -0.4 is 0 Å². The van der Waals surface area contributed by atoms with Gasteiger partial charge in [-0.05, 0) is 38.5 Å². The molecule has 138 valence electrons. The van der Waals surface area contributed by atoms with E-state index >= 15 is 0 Å². The van der Waals surface area contributed by atoms with Crippen LogP contribution in [0.4, 0.5) is 0 Å². The fraction of sp³-hybridized carbons (Fsp3) is 0.550. The molecule has 2 aliphatic rings. The number of rotatable bonds is 4. The molecule has 2 heterocycles. The Balaban J connectivity index is 1.36. The number of hydrogen-bond donors (Lipinski definition) is 1. The molecule has 1 amide bonds. The lowest BCUT2D eigenvalue weighted by atomic mass is 9.78. The van der Waals surface area contributed by atoms with Crippen molar-refractivity contribution in [1.82, 2.24) is 20.1 Å². The number of aromatic amines is 1. The van der Waals surface area contributed by atoms with Crippen molar-refractivity contribution in [1.29, 1.82) is 0 Å². The van der Waals surface area contributed by atoms with Gasteiger partial charge in [-0.2, -0.15) is 0 Å². The van der Waals surface area contributed by atoms with Gasteiger partial charge in [0.05, 0.1) is 5.75 Å². The number of carbonyl (C=O) groups is 1. The number of carbonyl (C=O) groups excluding carboxylic acids is 1. The zero-order chi connectivity index (χ0) is 17.9. The molecule has 1 aromatic heterocycles. The predicted octanol–water partition coefficient (Wildman–Crippen LogP) is 4.05. The van der Waals surface area contributed by atoms with E-state index in [1.807, 2.05) is 12.1 Å². The number of aryl methyl sites for hydroxylation is 1. The van der Waals surface area contributed by atoms with E-state index in [9.17, 15) is 4.79 Å². The molecule has 1 aromatic carbocycles. The molecule has 6 heteroatoms. The Morgan fingerprint density at radius 3 is 2.81 bits per heavy atom. The fourth-order valence-corrected chi connectivity index (χ4v) is 4.98. The number of hydrogen-bond acceptors (Lipinski definition) is 4. The number of fused-ring (bicyclic) bond motifs is 1. The molecule has 0 unspecified atom stereocenters. The van der Waals surface area contributed by atoms with E-state index in [2.05, 4.69) is 39.1 Å². The molecule has 0 spiro atoms. The van der Waals surface area contributed by atoms with E-state index in [0.29, 0.717) is 17.0 Å². The third kappa shape index (κ3) is 3.80. The zero-order valence-electron chi connectivity index (χ0n) is 15.3. The van der Waals surface area contributed by atoms with E-state index in [0.717, 1.165) is 30.3 Å². The maximum Gasteiger partial charge on any atom is 0.233 e.